The Morgan fingerprint density at radius 2 is 1.79 bits per heavy atom. The highest BCUT2D eigenvalue weighted by Gasteiger charge is 2.25. The number of nitrogens with zero attached hydrogens (tertiary/aromatic N) is 1. The van der Waals surface area contributed by atoms with E-state index >= 15 is 0 Å². The zero-order valence-corrected chi connectivity index (χ0v) is 22.3. The molecule has 3 aromatic rings. The van der Waals surface area contributed by atoms with Gasteiger partial charge in [0.05, 0.1) is 19.3 Å². The van der Waals surface area contributed by atoms with Gasteiger partial charge >= 0.3 is 0 Å². The molecule has 5 rings (SSSR count). The minimum atomic E-state index is -0.342. The Balaban J connectivity index is 1.34. The lowest BCUT2D eigenvalue weighted by Crippen LogP contribution is -2.40. The van der Waals surface area contributed by atoms with Gasteiger partial charge in [-0.15, -0.1) is 0 Å². The highest BCUT2D eigenvalue weighted by molar-refractivity contribution is 5.94. The first kappa shape index (κ1) is 26.5. The van der Waals surface area contributed by atoms with Crippen LogP contribution in [0.15, 0.2) is 72.8 Å². The summed E-state index contributed by atoms with van der Waals surface area (Å²) < 4.78 is 6.24. The molecule has 0 radical (unpaired) electrons. The summed E-state index contributed by atoms with van der Waals surface area (Å²) in [6.45, 7) is 2.74. The molecule has 1 atom stereocenters. The zero-order chi connectivity index (χ0) is 26.2. The van der Waals surface area contributed by atoms with E-state index in [9.17, 15) is 9.90 Å². The van der Waals surface area contributed by atoms with E-state index in [0.717, 1.165) is 48.8 Å². The molecule has 0 unspecified atom stereocenters. The molecule has 1 saturated carbocycles. The van der Waals surface area contributed by atoms with Crippen molar-refractivity contribution in [3.63, 3.8) is 0 Å². The van der Waals surface area contributed by atoms with Crippen LogP contribution >= 0.6 is 0 Å². The predicted molar refractivity (Wildman–Crippen MR) is 152 cm³/mol. The Bertz CT molecular complexity index is 1190. The van der Waals surface area contributed by atoms with Gasteiger partial charge in [-0.3, -0.25) is 9.69 Å². The molecule has 5 nitrogen and oxygen atoms in total. The maximum Gasteiger partial charge on any atom is 0.251 e. The van der Waals surface area contributed by atoms with E-state index in [1.807, 2.05) is 48.5 Å². The van der Waals surface area contributed by atoms with Crippen LogP contribution in [-0.2, 0) is 19.4 Å². The van der Waals surface area contributed by atoms with Gasteiger partial charge in [0, 0.05) is 24.6 Å². The maximum absolute atomic E-state index is 13.2. The van der Waals surface area contributed by atoms with Crippen molar-refractivity contribution in [3.8, 4) is 5.75 Å². The number of amides is 1. The smallest absolute Gasteiger partial charge is 0.251 e. The molecular weight excluding hydrogens is 472 g/mol. The number of hydrogen-bond donors (Lipinski definition) is 2. The van der Waals surface area contributed by atoms with Crippen molar-refractivity contribution in [2.24, 2.45) is 0 Å². The standard InChI is InChI=1S/C33H40N2O3/c36-24-30(21-25-9-3-1-4-10-25)34-33(37)28-15-16-32-29(22-28)20-26-11-7-12-27(19-26)23-35(31-13-8-14-31)17-5-2-6-18-38-32/h1,3-4,7,9-12,15-16,19,22,30-31,36H,2,5-6,8,13-14,17-18,20-21,23-24H2,(H,34,37)/t30-/m0/s1. The fourth-order valence-electron chi connectivity index (χ4n) is 5.54. The second kappa shape index (κ2) is 13.1. The van der Waals surface area contributed by atoms with E-state index in [4.69, 9.17) is 4.74 Å². The summed E-state index contributed by atoms with van der Waals surface area (Å²) >= 11 is 0. The number of rotatable bonds is 6. The molecule has 1 aliphatic heterocycles. The van der Waals surface area contributed by atoms with Gasteiger partial charge in [0.25, 0.3) is 5.91 Å². The second-order valence-corrected chi connectivity index (χ2v) is 10.8. The minimum absolute atomic E-state index is 0.112. The Morgan fingerprint density at radius 1 is 0.947 bits per heavy atom. The highest BCUT2D eigenvalue weighted by Crippen LogP contribution is 2.28. The first-order valence-electron chi connectivity index (χ1n) is 14.2. The number of aliphatic hydroxyl groups excluding tert-OH is 1. The monoisotopic (exact) mass is 512 g/mol. The molecule has 0 aromatic heterocycles. The number of aliphatic hydroxyl groups is 1. The summed E-state index contributed by atoms with van der Waals surface area (Å²) in [6.07, 6.45) is 8.68. The second-order valence-electron chi connectivity index (χ2n) is 10.8. The summed E-state index contributed by atoms with van der Waals surface area (Å²) in [5.74, 6) is 0.676. The minimum Gasteiger partial charge on any atom is -0.493 e. The normalized spacial score (nSPS) is 17.8. The van der Waals surface area contributed by atoms with Crippen LogP contribution in [0.25, 0.3) is 0 Å². The van der Waals surface area contributed by atoms with Crippen molar-refractivity contribution in [1.29, 1.82) is 0 Å². The number of carbonyl (C=O) groups is 1. The summed E-state index contributed by atoms with van der Waals surface area (Å²) in [6, 6.07) is 24.9. The molecule has 1 amide bonds. The van der Waals surface area contributed by atoms with Crippen molar-refractivity contribution in [2.75, 3.05) is 19.8 Å². The van der Waals surface area contributed by atoms with E-state index < -0.39 is 0 Å². The first-order valence-corrected chi connectivity index (χ1v) is 14.2. The third kappa shape index (κ3) is 7.03. The van der Waals surface area contributed by atoms with Gasteiger partial charge in [-0.2, -0.15) is 0 Å². The van der Waals surface area contributed by atoms with Crippen LogP contribution in [-0.4, -0.2) is 47.8 Å². The third-order valence-corrected chi connectivity index (χ3v) is 7.91. The molecule has 2 N–H and O–H groups in total. The van der Waals surface area contributed by atoms with Gasteiger partial charge in [-0.1, -0.05) is 61.0 Å². The van der Waals surface area contributed by atoms with Crippen LogP contribution in [0.1, 0.15) is 71.1 Å². The van der Waals surface area contributed by atoms with Crippen molar-refractivity contribution in [3.05, 3.63) is 101 Å². The number of ether oxygens (including phenoxy) is 1. The fourth-order valence-corrected chi connectivity index (χ4v) is 5.54. The molecule has 5 heteroatoms. The largest absolute Gasteiger partial charge is 0.493 e. The molecule has 1 heterocycles. The van der Waals surface area contributed by atoms with E-state index in [1.165, 1.54) is 36.8 Å². The van der Waals surface area contributed by atoms with Crippen LogP contribution in [0, 0.1) is 0 Å². The summed E-state index contributed by atoms with van der Waals surface area (Å²) in [5.41, 5.74) is 5.28. The lowest BCUT2D eigenvalue weighted by molar-refractivity contribution is 0.0916. The van der Waals surface area contributed by atoms with Gasteiger partial charge in [0.1, 0.15) is 5.75 Å². The molecule has 0 spiro atoms. The molecule has 3 aromatic carbocycles. The molecule has 2 aliphatic rings. The summed E-state index contributed by atoms with van der Waals surface area (Å²) in [7, 11) is 0. The Labute approximate surface area is 226 Å². The van der Waals surface area contributed by atoms with Gasteiger partial charge < -0.3 is 15.2 Å². The predicted octanol–water partition coefficient (Wildman–Crippen LogP) is 5.53. The number of nitrogens with one attached hydrogen (secondary N) is 1. The number of fused-ring (bicyclic) bond motifs is 3. The van der Waals surface area contributed by atoms with Crippen molar-refractivity contribution >= 4 is 5.91 Å². The first-order chi connectivity index (χ1) is 18.7. The maximum atomic E-state index is 13.2. The van der Waals surface area contributed by atoms with E-state index in [0.29, 0.717) is 25.0 Å². The highest BCUT2D eigenvalue weighted by atomic mass is 16.5. The van der Waals surface area contributed by atoms with Crippen LogP contribution in [0.5, 0.6) is 5.75 Å². The van der Waals surface area contributed by atoms with E-state index in [-0.39, 0.29) is 18.6 Å². The Kier molecular flexibility index (Phi) is 9.11. The molecule has 2 bridgehead atoms. The quantitative estimate of drug-likeness (QED) is 0.456. The van der Waals surface area contributed by atoms with Gasteiger partial charge in [0.2, 0.25) is 0 Å². The van der Waals surface area contributed by atoms with E-state index in [1.54, 1.807) is 0 Å². The van der Waals surface area contributed by atoms with Crippen LogP contribution in [0.4, 0.5) is 0 Å². The van der Waals surface area contributed by atoms with Crippen molar-refractivity contribution < 1.29 is 14.6 Å². The lowest BCUT2D eigenvalue weighted by atomic mass is 9.90. The van der Waals surface area contributed by atoms with Crippen LogP contribution in [0.2, 0.25) is 0 Å². The van der Waals surface area contributed by atoms with Gasteiger partial charge in [-0.25, -0.2) is 0 Å². The Morgan fingerprint density at radius 3 is 2.58 bits per heavy atom. The number of carbonyl (C=O) groups excluding carboxylic acids is 1. The Hall–Kier alpha value is -3.15. The SMILES string of the molecule is O=C(N[C@H](CO)Cc1ccccc1)c1ccc2c(c1)Cc1cccc(c1)CN(C1CCC1)CCCCCO2. The van der Waals surface area contributed by atoms with Crippen LogP contribution in [0.3, 0.4) is 0 Å². The molecule has 200 valence electrons. The molecule has 0 saturated heterocycles. The lowest BCUT2D eigenvalue weighted by Gasteiger charge is -2.38. The average molecular weight is 513 g/mol. The fraction of sp³-hybridized carbons (Fsp3) is 0.424. The number of hydrogen-bond acceptors (Lipinski definition) is 4. The molecule has 1 fully saturated rings. The third-order valence-electron chi connectivity index (χ3n) is 7.91. The van der Waals surface area contributed by atoms with Crippen LogP contribution < -0.4 is 10.1 Å². The molecular formula is C33H40N2O3. The number of benzene rings is 3. The van der Waals surface area contributed by atoms with Crippen molar-refractivity contribution in [1.82, 2.24) is 10.2 Å². The van der Waals surface area contributed by atoms with Gasteiger partial charge in [0.15, 0.2) is 0 Å². The van der Waals surface area contributed by atoms with Crippen molar-refractivity contribution in [2.45, 2.75) is 70.0 Å². The average Bonchev–Trinajstić information content (AvgIpc) is 2.90. The summed E-state index contributed by atoms with van der Waals surface area (Å²) in [4.78, 5) is 15.9. The van der Waals surface area contributed by atoms with Gasteiger partial charge in [-0.05, 0) is 85.5 Å². The summed E-state index contributed by atoms with van der Waals surface area (Å²) in [5, 5.41) is 12.9. The zero-order valence-electron chi connectivity index (χ0n) is 22.3. The molecule has 38 heavy (non-hydrogen) atoms. The topological polar surface area (TPSA) is 61.8 Å². The van der Waals surface area contributed by atoms with E-state index in [2.05, 4.69) is 34.5 Å². The molecule has 1 aliphatic carbocycles.